The Bertz CT molecular complexity index is 1230. The zero-order valence-electron chi connectivity index (χ0n) is 17.0. The summed E-state index contributed by atoms with van der Waals surface area (Å²) in [7, 11) is 1.67. The standard InChI is InChI=1S/C23H21N5O3/c1-28-10-9-23(30,22(28)29)8-7-15-3-2-4-16(11-15)18-5-6-19-20(27-18)21(25-14-24-19)26-17-12-31-13-17/h2-6,11,14,17,30H,9-10,12-13H2,1H3,(H,24,25,26). The zero-order valence-corrected chi connectivity index (χ0v) is 17.0. The molecule has 1 amide bonds. The van der Waals surface area contributed by atoms with Gasteiger partial charge in [0.15, 0.2) is 5.82 Å². The van der Waals surface area contributed by atoms with Gasteiger partial charge in [-0.3, -0.25) is 4.79 Å². The van der Waals surface area contributed by atoms with E-state index >= 15 is 0 Å². The van der Waals surface area contributed by atoms with E-state index in [1.54, 1.807) is 7.05 Å². The minimum atomic E-state index is -1.62. The van der Waals surface area contributed by atoms with Crippen molar-refractivity contribution >= 4 is 22.8 Å². The lowest BCUT2D eigenvalue weighted by molar-refractivity contribution is -0.137. The first kappa shape index (κ1) is 19.4. The summed E-state index contributed by atoms with van der Waals surface area (Å²) in [4.78, 5) is 27.1. The van der Waals surface area contributed by atoms with Crippen LogP contribution in [0.4, 0.5) is 5.82 Å². The van der Waals surface area contributed by atoms with Gasteiger partial charge in [0.05, 0.1) is 30.5 Å². The number of likely N-dealkylation sites (N-methyl/N-ethyl adjacent to an activating group) is 1. The molecule has 2 N–H and O–H groups in total. The molecule has 0 saturated carbocycles. The maximum absolute atomic E-state index is 12.1. The molecular formula is C23H21N5O3. The van der Waals surface area contributed by atoms with Crippen LogP contribution in [-0.2, 0) is 9.53 Å². The first-order valence-electron chi connectivity index (χ1n) is 10.1. The van der Waals surface area contributed by atoms with Crippen molar-refractivity contribution in [3.8, 4) is 23.1 Å². The van der Waals surface area contributed by atoms with Gasteiger partial charge in [-0.2, -0.15) is 0 Å². The summed E-state index contributed by atoms with van der Waals surface area (Å²) in [5, 5.41) is 13.9. The number of aromatic nitrogens is 3. The number of ether oxygens (including phenoxy) is 1. The van der Waals surface area contributed by atoms with E-state index in [9.17, 15) is 9.90 Å². The molecule has 1 unspecified atom stereocenters. The summed E-state index contributed by atoms with van der Waals surface area (Å²) in [6, 6.07) is 11.6. The highest BCUT2D eigenvalue weighted by molar-refractivity contribution is 5.90. The van der Waals surface area contributed by atoms with Crippen LogP contribution < -0.4 is 5.32 Å². The molecule has 0 aliphatic carbocycles. The number of rotatable bonds is 3. The van der Waals surface area contributed by atoms with Crippen LogP contribution in [0.1, 0.15) is 12.0 Å². The number of aliphatic hydroxyl groups is 1. The Kier molecular flexibility index (Phi) is 4.77. The van der Waals surface area contributed by atoms with Crippen LogP contribution in [0.2, 0.25) is 0 Å². The van der Waals surface area contributed by atoms with E-state index in [1.165, 1.54) is 11.2 Å². The number of carbonyl (C=O) groups is 1. The molecular weight excluding hydrogens is 394 g/mol. The average Bonchev–Trinajstić information content (AvgIpc) is 3.02. The first-order valence-corrected chi connectivity index (χ1v) is 10.1. The van der Waals surface area contributed by atoms with Crippen LogP contribution in [-0.4, -0.2) is 69.3 Å². The van der Waals surface area contributed by atoms with Crippen LogP contribution in [0.25, 0.3) is 22.3 Å². The highest BCUT2D eigenvalue weighted by atomic mass is 16.5. The Morgan fingerprint density at radius 1 is 1.26 bits per heavy atom. The van der Waals surface area contributed by atoms with Crippen molar-refractivity contribution in [3.63, 3.8) is 0 Å². The molecule has 0 spiro atoms. The van der Waals surface area contributed by atoms with E-state index in [2.05, 4.69) is 27.1 Å². The molecule has 1 aromatic carbocycles. The normalized spacial score (nSPS) is 21.0. The van der Waals surface area contributed by atoms with Gasteiger partial charge < -0.3 is 20.1 Å². The molecule has 2 fully saturated rings. The fourth-order valence-electron chi connectivity index (χ4n) is 3.62. The summed E-state index contributed by atoms with van der Waals surface area (Å²) >= 11 is 0. The van der Waals surface area contributed by atoms with Gasteiger partial charge in [-0.1, -0.05) is 24.0 Å². The lowest BCUT2D eigenvalue weighted by Crippen LogP contribution is -2.40. The number of nitrogens with one attached hydrogen (secondary N) is 1. The molecule has 156 valence electrons. The lowest BCUT2D eigenvalue weighted by atomic mass is 10.0. The Morgan fingerprint density at radius 2 is 2.13 bits per heavy atom. The van der Waals surface area contributed by atoms with Gasteiger partial charge in [-0.05, 0) is 24.3 Å². The Labute approximate surface area is 179 Å². The van der Waals surface area contributed by atoms with Crippen molar-refractivity contribution in [1.29, 1.82) is 0 Å². The van der Waals surface area contributed by atoms with Crippen molar-refractivity contribution in [2.45, 2.75) is 18.1 Å². The van der Waals surface area contributed by atoms with E-state index in [-0.39, 0.29) is 11.9 Å². The maximum Gasteiger partial charge on any atom is 0.267 e. The molecule has 4 heterocycles. The highest BCUT2D eigenvalue weighted by Gasteiger charge is 2.42. The molecule has 8 nitrogen and oxygen atoms in total. The fraction of sp³-hybridized carbons (Fsp3) is 0.304. The van der Waals surface area contributed by atoms with Crippen LogP contribution in [0, 0.1) is 11.8 Å². The van der Waals surface area contributed by atoms with Crippen LogP contribution in [0.3, 0.4) is 0 Å². The maximum atomic E-state index is 12.1. The summed E-state index contributed by atoms with van der Waals surface area (Å²) in [5.41, 5.74) is 2.16. The quantitative estimate of drug-likeness (QED) is 0.625. The number of fused-ring (bicyclic) bond motifs is 1. The van der Waals surface area contributed by atoms with Crippen molar-refractivity contribution in [2.24, 2.45) is 0 Å². The molecule has 0 radical (unpaired) electrons. The predicted octanol–water partition coefficient (Wildman–Crippen LogP) is 1.45. The highest BCUT2D eigenvalue weighted by Crippen LogP contribution is 2.25. The van der Waals surface area contributed by atoms with Gasteiger partial charge >= 0.3 is 0 Å². The monoisotopic (exact) mass is 415 g/mol. The largest absolute Gasteiger partial charge is 0.377 e. The number of amides is 1. The second kappa shape index (κ2) is 7.61. The van der Waals surface area contributed by atoms with Gasteiger partial charge in [0, 0.05) is 31.1 Å². The number of nitrogens with zero attached hydrogens (tertiary/aromatic N) is 4. The molecule has 2 aliphatic heterocycles. The Balaban J connectivity index is 1.46. The first-order chi connectivity index (χ1) is 15.0. The van der Waals surface area contributed by atoms with Gasteiger partial charge in [-0.25, -0.2) is 15.0 Å². The lowest BCUT2D eigenvalue weighted by Gasteiger charge is -2.27. The van der Waals surface area contributed by atoms with Crippen molar-refractivity contribution in [2.75, 3.05) is 32.1 Å². The second-order valence-electron chi connectivity index (χ2n) is 7.83. The van der Waals surface area contributed by atoms with Gasteiger partial charge in [-0.15, -0.1) is 0 Å². The predicted molar refractivity (Wildman–Crippen MR) is 115 cm³/mol. The van der Waals surface area contributed by atoms with Crippen molar-refractivity contribution < 1.29 is 14.6 Å². The smallest absolute Gasteiger partial charge is 0.267 e. The SMILES string of the molecule is CN1CCC(O)(C#Cc2cccc(-c3ccc4ncnc(NC5COC5)c4n3)c2)C1=O. The molecule has 2 saturated heterocycles. The molecule has 2 aromatic heterocycles. The molecule has 3 aromatic rings. The number of likely N-dealkylation sites (tertiary alicyclic amines) is 1. The van der Waals surface area contributed by atoms with E-state index in [1.807, 2.05) is 36.4 Å². The third-order valence-electron chi connectivity index (χ3n) is 5.54. The van der Waals surface area contributed by atoms with Crippen LogP contribution in [0.5, 0.6) is 0 Å². The summed E-state index contributed by atoms with van der Waals surface area (Å²) in [6.45, 7) is 1.80. The number of hydrogen-bond acceptors (Lipinski definition) is 7. The molecule has 0 bridgehead atoms. The van der Waals surface area contributed by atoms with Gasteiger partial charge in [0.1, 0.15) is 11.8 Å². The van der Waals surface area contributed by atoms with E-state index in [0.717, 1.165) is 16.8 Å². The van der Waals surface area contributed by atoms with Crippen LogP contribution >= 0.6 is 0 Å². The Hall–Kier alpha value is -3.54. The van der Waals surface area contributed by atoms with E-state index in [0.29, 0.717) is 43.1 Å². The minimum Gasteiger partial charge on any atom is -0.377 e. The molecule has 31 heavy (non-hydrogen) atoms. The van der Waals surface area contributed by atoms with Crippen LogP contribution in [0.15, 0.2) is 42.7 Å². The van der Waals surface area contributed by atoms with Gasteiger partial charge in [0.2, 0.25) is 5.60 Å². The summed E-state index contributed by atoms with van der Waals surface area (Å²) < 4.78 is 5.22. The summed E-state index contributed by atoms with van der Waals surface area (Å²) in [6.07, 6.45) is 1.83. The van der Waals surface area contributed by atoms with E-state index in [4.69, 9.17) is 9.72 Å². The molecule has 1 atom stereocenters. The average molecular weight is 415 g/mol. The van der Waals surface area contributed by atoms with E-state index < -0.39 is 5.60 Å². The van der Waals surface area contributed by atoms with Gasteiger partial charge in [0.25, 0.3) is 5.91 Å². The minimum absolute atomic E-state index is 0.227. The Morgan fingerprint density at radius 3 is 2.87 bits per heavy atom. The molecule has 2 aliphatic rings. The second-order valence-corrected chi connectivity index (χ2v) is 7.83. The number of hydrogen-bond donors (Lipinski definition) is 2. The third-order valence-corrected chi connectivity index (χ3v) is 5.54. The number of pyridine rings is 1. The fourth-order valence-corrected chi connectivity index (χ4v) is 3.62. The summed E-state index contributed by atoms with van der Waals surface area (Å²) in [5.74, 6) is 6.04. The van der Waals surface area contributed by atoms with Crippen molar-refractivity contribution in [1.82, 2.24) is 19.9 Å². The molecule has 8 heteroatoms. The number of benzene rings is 1. The molecule has 5 rings (SSSR count). The topological polar surface area (TPSA) is 100 Å². The number of carbonyl (C=O) groups excluding carboxylic acids is 1. The van der Waals surface area contributed by atoms with Crippen molar-refractivity contribution in [3.05, 3.63) is 48.3 Å². The number of anilines is 1. The zero-order chi connectivity index (χ0) is 21.4. The third kappa shape index (κ3) is 3.69.